The van der Waals surface area contributed by atoms with Crippen LogP contribution < -0.4 is 0 Å². The van der Waals surface area contributed by atoms with Gasteiger partial charge in [-0.05, 0) is 25.0 Å². The molecule has 0 spiro atoms. The lowest BCUT2D eigenvalue weighted by Crippen LogP contribution is -1.96. The summed E-state index contributed by atoms with van der Waals surface area (Å²) in [5.74, 6) is -0.00236. The number of carbonyl (C=O) groups excluding carboxylic acids is 1. The van der Waals surface area contributed by atoms with Gasteiger partial charge in [-0.2, -0.15) is 0 Å². The van der Waals surface area contributed by atoms with E-state index in [-0.39, 0.29) is 12.4 Å². The predicted molar refractivity (Wildman–Crippen MR) is 52.2 cm³/mol. The predicted octanol–water partition coefficient (Wildman–Crippen LogP) is 2.08. The maximum atomic E-state index is 11.0. The fourth-order valence-electron chi connectivity index (χ4n) is 1.09. The van der Waals surface area contributed by atoms with Gasteiger partial charge < -0.3 is 5.11 Å². The molecule has 1 N–H and O–H groups in total. The molecule has 0 aromatic heterocycles. The van der Waals surface area contributed by atoms with E-state index in [1.165, 1.54) is 6.92 Å². The van der Waals surface area contributed by atoms with Gasteiger partial charge in [0.1, 0.15) is 0 Å². The molecular formula is C10H11ClO2. The molecule has 0 atom stereocenters. The van der Waals surface area contributed by atoms with Crippen LogP contribution in [0.4, 0.5) is 0 Å². The summed E-state index contributed by atoms with van der Waals surface area (Å²) in [5.41, 5.74) is 1.47. The third-order valence-electron chi connectivity index (χ3n) is 1.84. The van der Waals surface area contributed by atoms with Crippen molar-refractivity contribution in [2.45, 2.75) is 13.3 Å². The lowest BCUT2D eigenvalue weighted by Gasteiger charge is -2.03. The van der Waals surface area contributed by atoms with Gasteiger partial charge in [-0.25, -0.2) is 0 Å². The normalized spacial score (nSPS) is 10.1. The number of ketones is 1. The van der Waals surface area contributed by atoms with Gasteiger partial charge in [0, 0.05) is 17.2 Å². The number of carbonyl (C=O) groups is 1. The summed E-state index contributed by atoms with van der Waals surface area (Å²) in [6.07, 6.45) is 0.525. The first-order valence-corrected chi connectivity index (χ1v) is 4.43. The second-order valence-electron chi connectivity index (χ2n) is 2.84. The quantitative estimate of drug-likeness (QED) is 0.756. The molecule has 0 heterocycles. The van der Waals surface area contributed by atoms with Crippen LogP contribution in [0.25, 0.3) is 0 Å². The Morgan fingerprint density at radius 1 is 1.54 bits per heavy atom. The van der Waals surface area contributed by atoms with Crippen molar-refractivity contribution < 1.29 is 9.90 Å². The molecule has 0 fully saturated rings. The second kappa shape index (κ2) is 4.40. The molecule has 1 rings (SSSR count). The van der Waals surface area contributed by atoms with E-state index in [0.717, 1.165) is 5.56 Å². The highest BCUT2D eigenvalue weighted by Crippen LogP contribution is 2.18. The van der Waals surface area contributed by atoms with Crippen molar-refractivity contribution in [2.24, 2.45) is 0 Å². The second-order valence-corrected chi connectivity index (χ2v) is 3.24. The van der Waals surface area contributed by atoms with Gasteiger partial charge in [0.2, 0.25) is 0 Å². The van der Waals surface area contributed by atoms with Crippen LogP contribution in [0.15, 0.2) is 18.2 Å². The fraction of sp³-hybridized carbons (Fsp3) is 0.300. The molecule has 0 saturated heterocycles. The SMILES string of the molecule is CC(=O)c1ccc(CCO)c(Cl)c1. The van der Waals surface area contributed by atoms with Crippen LogP contribution in [-0.2, 0) is 6.42 Å². The number of aliphatic hydroxyl groups excluding tert-OH is 1. The molecule has 0 bridgehead atoms. The highest BCUT2D eigenvalue weighted by molar-refractivity contribution is 6.31. The third kappa shape index (κ3) is 2.54. The summed E-state index contributed by atoms with van der Waals surface area (Å²) in [4.78, 5) is 11.0. The molecule has 1 aromatic carbocycles. The van der Waals surface area contributed by atoms with E-state index in [1.54, 1.807) is 18.2 Å². The molecule has 1 aromatic rings. The maximum absolute atomic E-state index is 11.0. The minimum atomic E-state index is -0.00236. The van der Waals surface area contributed by atoms with Gasteiger partial charge in [0.25, 0.3) is 0 Å². The molecule has 0 amide bonds. The van der Waals surface area contributed by atoms with Crippen LogP contribution in [0, 0.1) is 0 Å². The van der Waals surface area contributed by atoms with Gasteiger partial charge in [-0.15, -0.1) is 0 Å². The Morgan fingerprint density at radius 2 is 2.23 bits per heavy atom. The molecule has 0 radical (unpaired) electrons. The van der Waals surface area contributed by atoms with Crippen LogP contribution in [-0.4, -0.2) is 17.5 Å². The Bertz CT molecular complexity index is 321. The van der Waals surface area contributed by atoms with Gasteiger partial charge in [-0.3, -0.25) is 4.79 Å². The van der Waals surface area contributed by atoms with Crippen molar-refractivity contribution in [1.82, 2.24) is 0 Å². The van der Waals surface area contributed by atoms with E-state index in [9.17, 15) is 4.79 Å². The topological polar surface area (TPSA) is 37.3 Å². The van der Waals surface area contributed by atoms with Crippen LogP contribution in [0.2, 0.25) is 5.02 Å². The zero-order valence-electron chi connectivity index (χ0n) is 7.38. The molecule has 0 aliphatic carbocycles. The van der Waals surface area contributed by atoms with Crippen molar-refractivity contribution in [1.29, 1.82) is 0 Å². The van der Waals surface area contributed by atoms with Crippen LogP contribution in [0.1, 0.15) is 22.8 Å². The highest BCUT2D eigenvalue weighted by atomic mass is 35.5. The number of hydrogen-bond donors (Lipinski definition) is 1. The largest absolute Gasteiger partial charge is 0.396 e. The van der Waals surface area contributed by atoms with E-state index in [1.807, 2.05) is 0 Å². The number of Topliss-reactive ketones (excluding diaryl/α,β-unsaturated/α-hetero) is 1. The molecule has 3 heteroatoms. The van der Waals surface area contributed by atoms with Crippen LogP contribution in [0.3, 0.4) is 0 Å². The monoisotopic (exact) mass is 198 g/mol. The molecular weight excluding hydrogens is 188 g/mol. The smallest absolute Gasteiger partial charge is 0.159 e. The Morgan fingerprint density at radius 3 is 2.69 bits per heavy atom. The van der Waals surface area contributed by atoms with E-state index in [4.69, 9.17) is 16.7 Å². The van der Waals surface area contributed by atoms with Crippen molar-refractivity contribution in [2.75, 3.05) is 6.61 Å². The van der Waals surface area contributed by atoms with E-state index in [2.05, 4.69) is 0 Å². The van der Waals surface area contributed by atoms with Crippen LogP contribution >= 0.6 is 11.6 Å². The van der Waals surface area contributed by atoms with Gasteiger partial charge in [0.15, 0.2) is 5.78 Å². The van der Waals surface area contributed by atoms with E-state index in [0.29, 0.717) is 17.0 Å². The Hall–Kier alpha value is -0.860. The van der Waals surface area contributed by atoms with Gasteiger partial charge in [0.05, 0.1) is 0 Å². The third-order valence-corrected chi connectivity index (χ3v) is 2.19. The molecule has 2 nitrogen and oxygen atoms in total. The number of rotatable bonds is 3. The molecule has 0 saturated carbocycles. The minimum Gasteiger partial charge on any atom is -0.396 e. The summed E-state index contributed by atoms with van der Waals surface area (Å²) in [5, 5.41) is 9.24. The zero-order chi connectivity index (χ0) is 9.84. The number of aliphatic hydroxyl groups is 1. The van der Waals surface area contributed by atoms with E-state index >= 15 is 0 Å². The summed E-state index contributed by atoms with van der Waals surface area (Å²) in [6, 6.07) is 5.13. The summed E-state index contributed by atoms with van der Waals surface area (Å²) in [6.45, 7) is 1.57. The Kier molecular flexibility index (Phi) is 3.46. The van der Waals surface area contributed by atoms with Gasteiger partial charge in [-0.1, -0.05) is 23.7 Å². The summed E-state index contributed by atoms with van der Waals surface area (Å²) in [7, 11) is 0. The number of halogens is 1. The van der Waals surface area contributed by atoms with Crippen molar-refractivity contribution in [3.8, 4) is 0 Å². The average molecular weight is 199 g/mol. The zero-order valence-corrected chi connectivity index (χ0v) is 8.14. The van der Waals surface area contributed by atoms with E-state index < -0.39 is 0 Å². The average Bonchev–Trinajstić information content (AvgIpc) is 2.08. The molecule has 0 aliphatic rings. The first-order chi connectivity index (χ1) is 6.15. The Labute approximate surface area is 82.2 Å². The Balaban J connectivity index is 2.98. The maximum Gasteiger partial charge on any atom is 0.159 e. The molecule has 0 aliphatic heterocycles. The van der Waals surface area contributed by atoms with Crippen molar-refractivity contribution in [3.05, 3.63) is 34.3 Å². The molecule has 70 valence electrons. The standard InChI is InChI=1S/C10H11ClO2/c1-7(13)9-3-2-8(4-5-12)10(11)6-9/h2-3,6,12H,4-5H2,1H3. The fourth-order valence-corrected chi connectivity index (χ4v) is 1.36. The van der Waals surface area contributed by atoms with Gasteiger partial charge >= 0.3 is 0 Å². The first-order valence-electron chi connectivity index (χ1n) is 4.05. The first kappa shape index (κ1) is 10.2. The van der Waals surface area contributed by atoms with Crippen LogP contribution in [0.5, 0.6) is 0 Å². The summed E-state index contributed by atoms with van der Waals surface area (Å²) < 4.78 is 0. The number of hydrogen-bond acceptors (Lipinski definition) is 2. The van der Waals surface area contributed by atoms with Crippen molar-refractivity contribution >= 4 is 17.4 Å². The highest BCUT2D eigenvalue weighted by Gasteiger charge is 2.03. The molecule has 0 unspecified atom stereocenters. The lowest BCUT2D eigenvalue weighted by atomic mass is 10.1. The summed E-state index contributed by atoms with van der Waals surface area (Å²) >= 11 is 5.89. The lowest BCUT2D eigenvalue weighted by molar-refractivity contribution is 0.101. The minimum absolute atomic E-state index is 0.00236. The van der Waals surface area contributed by atoms with Crippen molar-refractivity contribution in [3.63, 3.8) is 0 Å². The molecule has 13 heavy (non-hydrogen) atoms. The number of benzene rings is 1.